The Morgan fingerprint density at radius 3 is 2.29 bits per heavy atom. The van der Waals surface area contributed by atoms with E-state index in [0.717, 1.165) is 0 Å². The van der Waals surface area contributed by atoms with Crippen LogP contribution >= 0.6 is 0 Å². The molecule has 1 aliphatic rings. The molecule has 2 heterocycles. The predicted molar refractivity (Wildman–Crippen MR) is 64.3 cm³/mol. The Morgan fingerprint density at radius 2 is 1.76 bits per heavy atom. The van der Waals surface area contributed by atoms with Crippen molar-refractivity contribution < 1.29 is 14.0 Å². The van der Waals surface area contributed by atoms with Crippen molar-refractivity contribution >= 4 is 12.6 Å². The maximum atomic E-state index is 5.91. The molecule has 1 aliphatic heterocycles. The van der Waals surface area contributed by atoms with E-state index < -0.39 is 7.12 Å². The second-order valence-electron chi connectivity index (χ2n) is 5.08. The minimum absolute atomic E-state index is 0.376. The summed E-state index contributed by atoms with van der Waals surface area (Å²) in [4.78, 5) is 8.03. The van der Waals surface area contributed by atoms with Gasteiger partial charge in [-0.3, -0.25) is 0 Å². The quantitative estimate of drug-likeness (QED) is 0.710. The van der Waals surface area contributed by atoms with Gasteiger partial charge in [-0.25, -0.2) is 9.97 Å². The standard InChI is InChI=1S/C11H17BN2O3/c1-10(2)11(3,4)17-12(16-10)8-6-13-7-14-9(8)15-5/h6-7H,1-5H3. The number of hydrogen-bond acceptors (Lipinski definition) is 5. The highest BCUT2D eigenvalue weighted by Crippen LogP contribution is 2.36. The highest BCUT2D eigenvalue weighted by molar-refractivity contribution is 6.62. The van der Waals surface area contributed by atoms with Gasteiger partial charge in [-0.15, -0.1) is 0 Å². The molecule has 2 rings (SSSR count). The van der Waals surface area contributed by atoms with Crippen LogP contribution in [0.1, 0.15) is 27.7 Å². The lowest BCUT2D eigenvalue weighted by atomic mass is 9.81. The fourth-order valence-corrected chi connectivity index (χ4v) is 1.63. The molecular formula is C11H17BN2O3. The number of ether oxygens (including phenoxy) is 1. The van der Waals surface area contributed by atoms with Gasteiger partial charge < -0.3 is 14.0 Å². The van der Waals surface area contributed by atoms with Crippen LogP contribution in [0.3, 0.4) is 0 Å². The average molecular weight is 236 g/mol. The lowest BCUT2D eigenvalue weighted by Gasteiger charge is -2.32. The van der Waals surface area contributed by atoms with Crippen LogP contribution in [0.15, 0.2) is 12.5 Å². The molecule has 92 valence electrons. The summed E-state index contributed by atoms with van der Waals surface area (Å²) in [7, 11) is 1.08. The van der Waals surface area contributed by atoms with Crippen LogP contribution in [0.4, 0.5) is 0 Å². The molecule has 0 N–H and O–H groups in total. The highest BCUT2D eigenvalue weighted by atomic mass is 16.7. The topological polar surface area (TPSA) is 53.5 Å². The van der Waals surface area contributed by atoms with E-state index in [1.807, 2.05) is 27.7 Å². The molecule has 0 unspecified atom stereocenters. The van der Waals surface area contributed by atoms with Gasteiger partial charge in [0, 0.05) is 6.20 Å². The third-order valence-corrected chi connectivity index (χ3v) is 3.40. The number of rotatable bonds is 2. The smallest absolute Gasteiger partial charge is 0.481 e. The molecule has 6 heteroatoms. The van der Waals surface area contributed by atoms with Crippen LogP contribution in [-0.4, -0.2) is 35.4 Å². The molecule has 5 nitrogen and oxygen atoms in total. The van der Waals surface area contributed by atoms with E-state index in [9.17, 15) is 0 Å². The third-order valence-electron chi connectivity index (χ3n) is 3.40. The van der Waals surface area contributed by atoms with Crippen molar-refractivity contribution in [2.45, 2.75) is 38.9 Å². The summed E-state index contributed by atoms with van der Waals surface area (Å²) in [5.41, 5.74) is -0.0366. The van der Waals surface area contributed by atoms with E-state index in [4.69, 9.17) is 14.0 Å². The van der Waals surface area contributed by atoms with Crippen molar-refractivity contribution in [2.75, 3.05) is 7.11 Å². The molecule has 17 heavy (non-hydrogen) atoms. The lowest BCUT2D eigenvalue weighted by Crippen LogP contribution is -2.41. The molecule has 0 spiro atoms. The minimum Gasteiger partial charge on any atom is -0.481 e. The first-order valence-corrected chi connectivity index (χ1v) is 5.57. The van der Waals surface area contributed by atoms with Crippen molar-refractivity contribution in [3.63, 3.8) is 0 Å². The van der Waals surface area contributed by atoms with Crippen molar-refractivity contribution in [3.8, 4) is 5.88 Å². The van der Waals surface area contributed by atoms with Gasteiger partial charge in [0.15, 0.2) is 0 Å². The monoisotopic (exact) mass is 236 g/mol. The number of hydrogen-bond donors (Lipinski definition) is 0. The lowest BCUT2D eigenvalue weighted by molar-refractivity contribution is 0.00578. The van der Waals surface area contributed by atoms with Gasteiger partial charge in [-0.1, -0.05) is 0 Å². The normalized spacial score (nSPS) is 21.6. The Morgan fingerprint density at radius 1 is 1.18 bits per heavy atom. The van der Waals surface area contributed by atoms with Crippen LogP contribution in [0.5, 0.6) is 5.88 Å². The van der Waals surface area contributed by atoms with Crippen molar-refractivity contribution in [3.05, 3.63) is 12.5 Å². The molecule has 0 bridgehead atoms. The van der Waals surface area contributed by atoms with Crippen LogP contribution in [-0.2, 0) is 9.31 Å². The van der Waals surface area contributed by atoms with Gasteiger partial charge >= 0.3 is 7.12 Å². The molecule has 1 aromatic heterocycles. The molecule has 1 aromatic rings. The summed E-state index contributed by atoms with van der Waals surface area (Å²) in [6.45, 7) is 8.01. The van der Waals surface area contributed by atoms with E-state index in [0.29, 0.717) is 11.3 Å². The summed E-state index contributed by atoms with van der Waals surface area (Å²) >= 11 is 0. The fraction of sp³-hybridized carbons (Fsp3) is 0.636. The van der Waals surface area contributed by atoms with Gasteiger partial charge in [0.1, 0.15) is 6.33 Å². The summed E-state index contributed by atoms with van der Waals surface area (Å²) < 4.78 is 17.0. The van der Waals surface area contributed by atoms with Gasteiger partial charge in [0.05, 0.1) is 23.8 Å². The zero-order valence-electron chi connectivity index (χ0n) is 10.9. The Bertz CT molecular complexity index is 407. The molecule has 1 saturated heterocycles. The predicted octanol–water partition coefficient (Wildman–Crippen LogP) is 0.784. The molecule has 0 saturated carbocycles. The Labute approximate surface area is 102 Å². The molecule has 0 aromatic carbocycles. The molecular weight excluding hydrogens is 219 g/mol. The number of aromatic nitrogens is 2. The summed E-state index contributed by atoms with van der Waals surface area (Å²) in [6, 6.07) is 0. The summed E-state index contributed by atoms with van der Waals surface area (Å²) in [5, 5.41) is 0. The average Bonchev–Trinajstić information content (AvgIpc) is 2.48. The fourth-order valence-electron chi connectivity index (χ4n) is 1.63. The minimum atomic E-state index is -0.490. The van der Waals surface area contributed by atoms with E-state index in [1.54, 1.807) is 13.3 Å². The van der Waals surface area contributed by atoms with Crippen LogP contribution < -0.4 is 10.2 Å². The first kappa shape index (κ1) is 12.3. The van der Waals surface area contributed by atoms with E-state index in [1.165, 1.54) is 6.33 Å². The van der Waals surface area contributed by atoms with E-state index in [2.05, 4.69) is 9.97 Å². The zero-order valence-corrected chi connectivity index (χ0v) is 10.9. The summed E-state index contributed by atoms with van der Waals surface area (Å²) in [6.07, 6.45) is 3.10. The van der Waals surface area contributed by atoms with Gasteiger partial charge in [-0.05, 0) is 27.7 Å². The first-order chi connectivity index (χ1) is 7.87. The first-order valence-electron chi connectivity index (χ1n) is 5.57. The van der Waals surface area contributed by atoms with Crippen LogP contribution in [0, 0.1) is 0 Å². The van der Waals surface area contributed by atoms with Gasteiger partial charge in [0.2, 0.25) is 5.88 Å². The maximum absolute atomic E-state index is 5.91. The largest absolute Gasteiger partial charge is 0.502 e. The molecule has 0 radical (unpaired) electrons. The molecule has 0 aliphatic carbocycles. The van der Waals surface area contributed by atoms with E-state index in [-0.39, 0.29) is 11.2 Å². The van der Waals surface area contributed by atoms with Crippen molar-refractivity contribution in [1.82, 2.24) is 9.97 Å². The number of methoxy groups -OCH3 is 1. The molecule has 1 fully saturated rings. The second kappa shape index (κ2) is 3.96. The van der Waals surface area contributed by atoms with Crippen LogP contribution in [0.25, 0.3) is 0 Å². The van der Waals surface area contributed by atoms with Gasteiger partial charge in [0.25, 0.3) is 0 Å². The summed E-state index contributed by atoms with van der Waals surface area (Å²) in [5.74, 6) is 0.485. The highest BCUT2D eigenvalue weighted by Gasteiger charge is 2.52. The van der Waals surface area contributed by atoms with Gasteiger partial charge in [-0.2, -0.15) is 0 Å². The third kappa shape index (κ3) is 2.02. The SMILES string of the molecule is COc1ncncc1B1OC(C)(C)C(C)(C)O1. The Kier molecular flexibility index (Phi) is 2.87. The zero-order chi connectivity index (χ0) is 12.7. The number of nitrogens with zero attached hydrogens (tertiary/aromatic N) is 2. The molecule has 0 atom stereocenters. The van der Waals surface area contributed by atoms with Crippen LogP contribution in [0.2, 0.25) is 0 Å². The maximum Gasteiger partial charge on any atom is 0.502 e. The van der Waals surface area contributed by atoms with Crippen molar-refractivity contribution in [2.24, 2.45) is 0 Å². The second-order valence-corrected chi connectivity index (χ2v) is 5.08. The Hall–Kier alpha value is -1.14. The molecule has 0 amide bonds. The Balaban J connectivity index is 2.32. The van der Waals surface area contributed by atoms with E-state index >= 15 is 0 Å². The van der Waals surface area contributed by atoms with Crippen molar-refractivity contribution in [1.29, 1.82) is 0 Å².